The van der Waals surface area contributed by atoms with E-state index in [-0.39, 0.29) is 5.60 Å². The molecule has 0 aromatic heterocycles. The first-order valence-electron chi connectivity index (χ1n) is 11.0. The summed E-state index contributed by atoms with van der Waals surface area (Å²) in [5.41, 5.74) is 3.20. The zero-order valence-corrected chi connectivity index (χ0v) is 16.2. The van der Waals surface area contributed by atoms with E-state index < -0.39 is 0 Å². The summed E-state index contributed by atoms with van der Waals surface area (Å²) in [5.74, 6) is 4.35. The first-order chi connectivity index (χ1) is 12.1. The maximum Gasteiger partial charge on any atom is 0.0739 e. The second-order valence-electron chi connectivity index (χ2n) is 10.1. The summed E-state index contributed by atoms with van der Waals surface area (Å²) >= 11 is 0. The Bertz CT molecular complexity index is 601. The molecule has 4 unspecified atom stereocenters. The normalized spacial score (nSPS) is 51.8. The monoisotopic (exact) mass is 341 g/mol. The summed E-state index contributed by atoms with van der Waals surface area (Å²) in [6.07, 6.45) is 15.3. The number of hydrogen-bond acceptors (Lipinski definition) is 2. The van der Waals surface area contributed by atoms with Crippen LogP contribution >= 0.6 is 0 Å². The molecule has 0 aromatic carbocycles. The first-order valence-corrected chi connectivity index (χ1v) is 11.0. The Morgan fingerprint density at radius 1 is 1.20 bits per heavy atom. The van der Waals surface area contributed by atoms with Gasteiger partial charge in [-0.3, -0.25) is 0 Å². The van der Waals surface area contributed by atoms with E-state index in [0.29, 0.717) is 5.41 Å². The summed E-state index contributed by atoms with van der Waals surface area (Å²) in [4.78, 5) is 0. The third-order valence-electron chi connectivity index (χ3n) is 9.42. The highest BCUT2D eigenvalue weighted by molar-refractivity contribution is 5.93. The van der Waals surface area contributed by atoms with Gasteiger partial charge in [-0.2, -0.15) is 0 Å². The van der Waals surface area contributed by atoms with Gasteiger partial charge in [0.1, 0.15) is 0 Å². The number of fused-ring (bicyclic) bond motifs is 6. The average molecular weight is 342 g/mol. The minimum Gasteiger partial charge on any atom is -0.374 e. The Morgan fingerprint density at radius 2 is 2.08 bits per heavy atom. The van der Waals surface area contributed by atoms with Gasteiger partial charge < -0.3 is 10.1 Å². The Hall–Kier alpha value is -0.630. The molecule has 5 aliphatic rings. The van der Waals surface area contributed by atoms with Gasteiger partial charge in [0.15, 0.2) is 0 Å². The minimum atomic E-state index is 0.228. The number of rotatable bonds is 1. The molecule has 1 saturated heterocycles. The third-order valence-corrected chi connectivity index (χ3v) is 9.42. The maximum atomic E-state index is 8.13. The van der Waals surface area contributed by atoms with Crippen LogP contribution in [0.15, 0.2) is 11.6 Å². The molecule has 1 spiro atoms. The SMILES string of the molecule is CCC1CC2=CC(=N)CC[C@@H]2C2CC[C@@]3(C)C(CC[C@@]34CCCO4)C12. The van der Waals surface area contributed by atoms with Gasteiger partial charge in [0.05, 0.1) is 5.60 Å². The largest absolute Gasteiger partial charge is 0.374 e. The molecule has 0 bridgehead atoms. The zero-order chi connectivity index (χ0) is 17.2. The highest BCUT2D eigenvalue weighted by Crippen LogP contribution is 2.68. The van der Waals surface area contributed by atoms with Crippen LogP contribution in [0.4, 0.5) is 0 Å². The van der Waals surface area contributed by atoms with Crippen molar-refractivity contribution in [2.24, 2.45) is 35.0 Å². The maximum absolute atomic E-state index is 8.13. The first kappa shape index (κ1) is 16.5. The summed E-state index contributed by atoms with van der Waals surface area (Å²) < 4.78 is 6.50. The van der Waals surface area contributed by atoms with E-state index in [0.717, 1.165) is 48.3 Å². The fourth-order valence-electron chi connectivity index (χ4n) is 8.27. The van der Waals surface area contributed by atoms with Gasteiger partial charge in [-0.15, -0.1) is 0 Å². The predicted octanol–water partition coefficient (Wildman–Crippen LogP) is 5.76. The second-order valence-corrected chi connectivity index (χ2v) is 10.1. The molecule has 1 N–H and O–H groups in total. The lowest BCUT2D eigenvalue weighted by Crippen LogP contribution is -2.54. The van der Waals surface area contributed by atoms with Gasteiger partial charge in [0, 0.05) is 12.3 Å². The topological polar surface area (TPSA) is 33.1 Å². The summed E-state index contributed by atoms with van der Waals surface area (Å²) in [5, 5.41) is 8.13. The highest BCUT2D eigenvalue weighted by Gasteiger charge is 2.65. The number of ether oxygens (including phenoxy) is 1. The molecule has 3 saturated carbocycles. The molecule has 5 rings (SSSR count). The van der Waals surface area contributed by atoms with Gasteiger partial charge in [0.2, 0.25) is 0 Å². The van der Waals surface area contributed by atoms with Crippen LogP contribution in [0, 0.1) is 40.4 Å². The van der Waals surface area contributed by atoms with E-state index in [1.54, 1.807) is 5.57 Å². The fourth-order valence-corrected chi connectivity index (χ4v) is 8.27. The van der Waals surface area contributed by atoms with E-state index in [2.05, 4.69) is 19.9 Å². The molecule has 0 aromatic rings. The van der Waals surface area contributed by atoms with Crippen LogP contribution in [0.5, 0.6) is 0 Å². The Morgan fingerprint density at radius 3 is 2.84 bits per heavy atom. The van der Waals surface area contributed by atoms with Crippen molar-refractivity contribution in [2.75, 3.05) is 6.61 Å². The van der Waals surface area contributed by atoms with Crippen LogP contribution in [-0.4, -0.2) is 17.9 Å². The van der Waals surface area contributed by atoms with Crippen molar-refractivity contribution in [3.05, 3.63) is 11.6 Å². The van der Waals surface area contributed by atoms with Crippen LogP contribution < -0.4 is 0 Å². The van der Waals surface area contributed by atoms with E-state index in [4.69, 9.17) is 10.1 Å². The third kappa shape index (κ3) is 2.16. The standard InChI is InChI=1S/C23H35NO/c1-3-15-13-16-14-17(24)5-6-18(16)19-7-10-22(2)20(21(15)19)8-11-23(22)9-4-12-25-23/h14-15,18-21,24H,3-13H2,1-2H3/t15?,18-,19?,20?,21?,22-,23-/m0/s1. The van der Waals surface area contributed by atoms with Crippen LogP contribution in [0.25, 0.3) is 0 Å². The molecule has 4 fully saturated rings. The Balaban J connectivity index is 1.51. The summed E-state index contributed by atoms with van der Waals surface area (Å²) in [7, 11) is 0. The second kappa shape index (κ2) is 5.68. The van der Waals surface area contributed by atoms with Crippen LogP contribution in [0.1, 0.15) is 78.1 Å². The molecule has 1 heterocycles. The quantitative estimate of drug-likeness (QED) is 0.646. The number of allylic oxidation sites excluding steroid dienone is 2. The number of hydrogen-bond donors (Lipinski definition) is 1. The van der Waals surface area contributed by atoms with E-state index in [9.17, 15) is 0 Å². The molecular formula is C23H35NO. The van der Waals surface area contributed by atoms with E-state index >= 15 is 0 Å². The van der Waals surface area contributed by atoms with E-state index in [1.165, 1.54) is 57.8 Å². The molecule has 7 atom stereocenters. The molecule has 138 valence electrons. The van der Waals surface area contributed by atoms with Gasteiger partial charge in [0.25, 0.3) is 0 Å². The van der Waals surface area contributed by atoms with Crippen molar-refractivity contribution in [3.8, 4) is 0 Å². The predicted molar refractivity (Wildman–Crippen MR) is 102 cm³/mol. The van der Waals surface area contributed by atoms with Crippen molar-refractivity contribution in [1.29, 1.82) is 5.41 Å². The van der Waals surface area contributed by atoms with E-state index in [1.807, 2.05) is 0 Å². The number of nitrogens with one attached hydrogen (secondary N) is 1. The summed E-state index contributed by atoms with van der Waals surface area (Å²) in [6.45, 7) is 6.03. The molecule has 25 heavy (non-hydrogen) atoms. The lowest BCUT2D eigenvalue weighted by atomic mass is 9.47. The molecule has 4 aliphatic carbocycles. The molecule has 1 aliphatic heterocycles. The van der Waals surface area contributed by atoms with Crippen molar-refractivity contribution < 1.29 is 4.74 Å². The van der Waals surface area contributed by atoms with Crippen molar-refractivity contribution in [1.82, 2.24) is 0 Å². The van der Waals surface area contributed by atoms with Gasteiger partial charge >= 0.3 is 0 Å². The van der Waals surface area contributed by atoms with Gasteiger partial charge in [-0.1, -0.05) is 25.8 Å². The van der Waals surface area contributed by atoms with Crippen LogP contribution in [0.2, 0.25) is 0 Å². The Kier molecular flexibility index (Phi) is 3.76. The molecule has 2 nitrogen and oxygen atoms in total. The van der Waals surface area contributed by atoms with Crippen molar-refractivity contribution in [2.45, 2.75) is 83.7 Å². The minimum absolute atomic E-state index is 0.228. The van der Waals surface area contributed by atoms with Gasteiger partial charge in [-0.05, 0) is 98.9 Å². The van der Waals surface area contributed by atoms with Crippen molar-refractivity contribution >= 4 is 5.71 Å². The van der Waals surface area contributed by atoms with Crippen LogP contribution in [-0.2, 0) is 4.74 Å². The lowest BCUT2D eigenvalue weighted by Gasteiger charge is -2.58. The Labute approximate surface area is 153 Å². The van der Waals surface area contributed by atoms with Crippen LogP contribution in [0.3, 0.4) is 0 Å². The molecular weight excluding hydrogens is 306 g/mol. The fraction of sp³-hybridized carbons (Fsp3) is 0.870. The molecule has 0 amide bonds. The average Bonchev–Trinajstić information content (AvgIpc) is 3.20. The molecule has 0 radical (unpaired) electrons. The van der Waals surface area contributed by atoms with Crippen molar-refractivity contribution in [3.63, 3.8) is 0 Å². The smallest absolute Gasteiger partial charge is 0.0739 e. The summed E-state index contributed by atoms with van der Waals surface area (Å²) in [6, 6.07) is 0. The highest BCUT2D eigenvalue weighted by atomic mass is 16.5. The zero-order valence-electron chi connectivity index (χ0n) is 16.2. The molecule has 2 heteroatoms. The lowest BCUT2D eigenvalue weighted by molar-refractivity contribution is -0.135. The van der Waals surface area contributed by atoms with Gasteiger partial charge in [-0.25, -0.2) is 0 Å².